The van der Waals surface area contributed by atoms with E-state index in [1.54, 1.807) is 27.3 Å². The monoisotopic (exact) mass is 642 g/mol. The molecule has 7 rings (SSSR count). The first-order valence-electron chi connectivity index (χ1n) is 14.9. The van der Waals surface area contributed by atoms with Gasteiger partial charge in [-0.1, -0.05) is 83.4 Å². The molecule has 0 N–H and O–H groups in total. The zero-order valence-corrected chi connectivity index (χ0v) is 26.7. The van der Waals surface area contributed by atoms with Crippen molar-refractivity contribution in [2.75, 3.05) is 0 Å². The van der Waals surface area contributed by atoms with Gasteiger partial charge in [0.2, 0.25) is 0 Å². The van der Waals surface area contributed by atoms with Gasteiger partial charge in [0.25, 0.3) is 11.1 Å². The van der Waals surface area contributed by atoms with E-state index in [9.17, 15) is 9.59 Å². The molecule has 226 valence electrons. The van der Waals surface area contributed by atoms with Crippen LogP contribution in [0.25, 0.3) is 50.3 Å². The summed E-state index contributed by atoms with van der Waals surface area (Å²) >= 11 is 13.2. The van der Waals surface area contributed by atoms with Crippen LogP contribution in [0.1, 0.15) is 16.7 Å². The molecular formula is C38H28Cl2N4O2. The molecule has 0 aliphatic carbocycles. The highest BCUT2D eigenvalue weighted by molar-refractivity contribution is 6.33. The third-order valence-electron chi connectivity index (χ3n) is 8.24. The van der Waals surface area contributed by atoms with E-state index in [2.05, 4.69) is 0 Å². The van der Waals surface area contributed by atoms with Crippen molar-refractivity contribution in [1.29, 1.82) is 0 Å². The lowest BCUT2D eigenvalue weighted by molar-refractivity contribution is 0.671. The number of benzene rings is 5. The van der Waals surface area contributed by atoms with Crippen LogP contribution in [0.5, 0.6) is 0 Å². The van der Waals surface area contributed by atoms with E-state index in [0.29, 0.717) is 67.6 Å². The maximum Gasteiger partial charge on any atom is 0.266 e. The van der Waals surface area contributed by atoms with Gasteiger partial charge >= 0.3 is 0 Å². The van der Waals surface area contributed by atoms with Gasteiger partial charge in [-0.25, -0.2) is 9.97 Å². The van der Waals surface area contributed by atoms with Crippen molar-refractivity contribution in [3.8, 4) is 28.5 Å². The number of aryl methyl sites for hydroxylation is 3. The fourth-order valence-electron chi connectivity index (χ4n) is 5.96. The highest BCUT2D eigenvalue weighted by Gasteiger charge is 2.19. The van der Waals surface area contributed by atoms with Crippen LogP contribution in [0.15, 0.2) is 119 Å². The van der Waals surface area contributed by atoms with Gasteiger partial charge in [-0.15, -0.1) is 0 Å². The molecule has 5 aromatic carbocycles. The fraction of sp³-hybridized carbons (Fsp3) is 0.105. The first-order valence-corrected chi connectivity index (χ1v) is 15.7. The van der Waals surface area contributed by atoms with Gasteiger partial charge in [0, 0.05) is 17.7 Å². The molecule has 46 heavy (non-hydrogen) atoms. The lowest BCUT2D eigenvalue weighted by Gasteiger charge is -2.17. The Hall–Kier alpha value is -5.04. The summed E-state index contributed by atoms with van der Waals surface area (Å²) in [5, 5.41) is 2.03. The van der Waals surface area contributed by atoms with Crippen LogP contribution < -0.4 is 11.1 Å². The van der Waals surface area contributed by atoms with Crippen molar-refractivity contribution in [3.05, 3.63) is 157 Å². The molecule has 0 spiro atoms. The molecule has 0 atom stereocenters. The molecule has 7 aromatic rings. The molecule has 0 unspecified atom stereocenters. The smallest absolute Gasteiger partial charge is 0.266 e. The maximum absolute atomic E-state index is 14.4. The van der Waals surface area contributed by atoms with Gasteiger partial charge in [0.1, 0.15) is 11.6 Å². The van der Waals surface area contributed by atoms with Crippen LogP contribution in [0, 0.1) is 13.8 Å². The predicted molar refractivity (Wildman–Crippen MR) is 187 cm³/mol. The minimum Gasteiger partial charge on any atom is -0.292 e. The van der Waals surface area contributed by atoms with Crippen molar-refractivity contribution >= 4 is 45.0 Å². The number of nitrogens with zero attached hydrogens (tertiary/aromatic N) is 4. The minimum atomic E-state index is -0.199. The number of hydrogen-bond acceptors (Lipinski definition) is 4. The second kappa shape index (κ2) is 12.0. The summed E-state index contributed by atoms with van der Waals surface area (Å²) in [6.07, 6.45) is 0.475. The van der Waals surface area contributed by atoms with Gasteiger partial charge < -0.3 is 0 Å². The first kappa shape index (κ1) is 29.7. The molecule has 0 radical (unpaired) electrons. The summed E-state index contributed by atoms with van der Waals surface area (Å²) in [7, 11) is 0. The number of rotatable bonds is 6. The first-order chi connectivity index (χ1) is 22.3. The highest BCUT2D eigenvalue weighted by atomic mass is 35.5. The zero-order chi connectivity index (χ0) is 31.9. The van der Waals surface area contributed by atoms with Gasteiger partial charge in [0.05, 0.1) is 37.5 Å². The van der Waals surface area contributed by atoms with Crippen molar-refractivity contribution in [3.63, 3.8) is 0 Å². The second-order valence-electron chi connectivity index (χ2n) is 11.3. The largest absolute Gasteiger partial charge is 0.292 e. The molecule has 0 saturated carbocycles. The van der Waals surface area contributed by atoms with Gasteiger partial charge in [-0.2, -0.15) is 0 Å². The van der Waals surface area contributed by atoms with E-state index in [4.69, 9.17) is 33.2 Å². The Morgan fingerprint density at radius 1 is 0.630 bits per heavy atom. The summed E-state index contributed by atoms with van der Waals surface area (Å²) in [5.74, 6) is 0.972. The van der Waals surface area contributed by atoms with E-state index in [0.717, 1.165) is 22.4 Å². The molecule has 0 bridgehead atoms. The molecule has 0 aliphatic rings. The Morgan fingerprint density at radius 2 is 1.26 bits per heavy atom. The van der Waals surface area contributed by atoms with E-state index in [1.807, 2.05) is 105 Å². The van der Waals surface area contributed by atoms with Crippen molar-refractivity contribution in [1.82, 2.24) is 19.1 Å². The van der Waals surface area contributed by atoms with Crippen LogP contribution in [0.4, 0.5) is 0 Å². The second-order valence-corrected chi connectivity index (χ2v) is 12.2. The van der Waals surface area contributed by atoms with E-state index < -0.39 is 0 Å². The minimum absolute atomic E-state index is 0.149. The molecule has 8 heteroatoms. The van der Waals surface area contributed by atoms with Gasteiger partial charge in [0.15, 0.2) is 0 Å². The molecule has 6 nitrogen and oxygen atoms in total. The molecular weight excluding hydrogens is 615 g/mol. The average Bonchev–Trinajstić information content (AvgIpc) is 3.05. The number of para-hydroxylation sites is 1. The summed E-state index contributed by atoms with van der Waals surface area (Å²) in [4.78, 5) is 38.0. The quantitative estimate of drug-likeness (QED) is 0.182. The molecule has 0 aliphatic heterocycles. The molecule has 2 aromatic heterocycles. The van der Waals surface area contributed by atoms with Crippen LogP contribution >= 0.6 is 23.2 Å². The Bertz CT molecular complexity index is 2430. The molecule has 2 heterocycles. The Kier molecular flexibility index (Phi) is 7.77. The van der Waals surface area contributed by atoms with Crippen LogP contribution in [-0.4, -0.2) is 19.1 Å². The van der Waals surface area contributed by atoms with Crippen LogP contribution in [0.2, 0.25) is 10.0 Å². The number of aromatic nitrogens is 4. The lowest BCUT2D eigenvalue weighted by Crippen LogP contribution is -2.25. The summed E-state index contributed by atoms with van der Waals surface area (Å²) in [6, 6.07) is 33.7. The SMILES string of the molecule is Cc1ccc(-n2c(-c3ccccc3Cl)nc3ccc(CCn4c(-c5ccccc5Cl)nc5ccccc5c4=O)cc3c2=O)c(C)c1. The number of hydrogen-bond donors (Lipinski definition) is 0. The average molecular weight is 644 g/mol. The van der Waals surface area contributed by atoms with Gasteiger partial charge in [-0.05, 0) is 86.0 Å². The summed E-state index contributed by atoms with van der Waals surface area (Å²) in [6.45, 7) is 4.34. The third kappa shape index (κ3) is 5.30. The normalized spacial score (nSPS) is 11.4. The summed E-state index contributed by atoms with van der Waals surface area (Å²) < 4.78 is 3.32. The number of halogens is 2. The molecule has 0 fully saturated rings. The highest BCUT2D eigenvalue weighted by Crippen LogP contribution is 2.30. The van der Waals surface area contributed by atoms with Gasteiger partial charge in [-0.3, -0.25) is 18.7 Å². The third-order valence-corrected chi connectivity index (χ3v) is 8.90. The fourth-order valence-corrected chi connectivity index (χ4v) is 6.40. The van der Waals surface area contributed by atoms with E-state index in [-0.39, 0.29) is 11.1 Å². The summed E-state index contributed by atoms with van der Waals surface area (Å²) in [5.41, 5.74) is 5.84. The standard InChI is InChI=1S/C38H28Cl2N4O2/c1-23-15-18-34(24(2)21-23)44-36(27-10-4-7-13-31(27)40)42-33-17-16-25(22-29(33)38(44)46)19-20-43-35(26-9-3-6-12-30(26)39)41-32-14-8-5-11-28(32)37(43)45/h3-18,21-22H,19-20H2,1-2H3. The number of fused-ring (bicyclic) bond motifs is 2. The topological polar surface area (TPSA) is 69.8 Å². The predicted octanol–water partition coefficient (Wildman–Crippen LogP) is 8.60. The van der Waals surface area contributed by atoms with Crippen LogP contribution in [0.3, 0.4) is 0 Å². The van der Waals surface area contributed by atoms with Crippen molar-refractivity contribution in [2.24, 2.45) is 0 Å². The van der Waals surface area contributed by atoms with Crippen LogP contribution in [-0.2, 0) is 13.0 Å². The molecule has 0 saturated heterocycles. The Labute approximate surface area is 275 Å². The van der Waals surface area contributed by atoms with E-state index >= 15 is 0 Å². The lowest BCUT2D eigenvalue weighted by atomic mass is 10.1. The maximum atomic E-state index is 14.4. The van der Waals surface area contributed by atoms with Crippen molar-refractivity contribution < 1.29 is 0 Å². The Morgan fingerprint density at radius 3 is 1.98 bits per heavy atom. The van der Waals surface area contributed by atoms with E-state index in [1.165, 1.54) is 0 Å². The van der Waals surface area contributed by atoms with Crippen molar-refractivity contribution in [2.45, 2.75) is 26.8 Å². The zero-order valence-electron chi connectivity index (χ0n) is 25.2. The molecule has 0 amide bonds. The Balaban J connectivity index is 1.36.